The third-order valence-corrected chi connectivity index (χ3v) is 3.68. The highest BCUT2D eigenvalue weighted by Crippen LogP contribution is 2.29. The predicted octanol–water partition coefficient (Wildman–Crippen LogP) is 3.65. The number of aromatic nitrogens is 2. The van der Waals surface area contributed by atoms with Crippen LogP contribution in [0, 0.1) is 0 Å². The van der Waals surface area contributed by atoms with Gasteiger partial charge in [-0.1, -0.05) is 15.9 Å². The fourth-order valence-corrected chi connectivity index (χ4v) is 2.75. The number of fused-ring (bicyclic) bond motifs is 1. The fraction of sp³-hybridized carbons (Fsp3) is 0.333. The first kappa shape index (κ1) is 11.2. The summed E-state index contributed by atoms with van der Waals surface area (Å²) in [6, 6.07) is 6.03. The van der Waals surface area contributed by atoms with E-state index in [1.165, 1.54) is 12.8 Å². The summed E-state index contributed by atoms with van der Waals surface area (Å²) in [6.45, 7) is 2.11. The molecular formula is C12H11BrClN3. The van der Waals surface area contributed by atoms with Crippen LogP contribution in [-0.2, 0) is 0 Å². The average Bonchev–Trinajstić information content (AvgIpc) is 2.80. The highest BCUT2D eigenvalue weighted by Gasteiger charge is 2.17. The number of halogens is 2. The maximum Gasteiger partial charge on any atom is 0.224 e. The Morgan fingerprint density at radius 3 is 2.71 bits per heavy atom. The average molecular weight is 313 g/mol. The summed E-state index contributed by atoms with van der Waals surface area (Å²) in [5.74, 6) is 0.963. The zero-order valence-corrected chi connectivity index (χ0v) is 11.5. The van der Waals surface area contributed by atoms with Gasteiger partial charge in [0.2, 0.25) is 5.28 Å². The molecule has 1 aliphatic heterocycles. The van der Waals surface area contributed by atoms with Crippen molar-refractivity contribution < 1.29 is 0 Å². The first-order chi connectivity index (χ1) is 8.24. The molecule has 0 bridgehead atoms. The molecule has 2 heterocycles. The Hall–Kier alpha value is -0.870. The van der Waals surface area contributed by atoms with Gasteiger partial charge in [0.15, 0.2) is 0 Å². The minimum Gasteiger partial charge on any atom is -0.356 e. The molecule has 3 rings (SSSR count). The normalized spacial score (nSPS) is 15.8. The van der Waals surface area contributed by atoms with Crippen LogP contribution in [0.25, 0.3) is 10.9 Å². The van der Waals surface area contributed by atoms with E-state index in [9.17, 15) is 0 Å². The summed E-state index contributed by atoms with van der Waals surface area (Å²) < 4.78 is 1.01. The van der Waals surface area contributed by atoms with Crippen molar-refractivity contribution in [3.63, 3.8) is 0 Å². The van der Waals surface area contributed by atoms with E-state index in [4.69, 9.17) is 11.6 Å². The molecule has 1 fully saturated rings. The number of hydrogen-bond acceptors (Lipinski definition) is 3. The molecular weight excluding hydrogens is 302 g/mol. The molecule has 0 aliphatic carbocycles. The van der Waals surface area contributed by atoms with E-state index in [2.05, 4.69) is 30.8 Å². The molecule has 5 heteroatoms. The van der Waals surface area contributed by atoms with Gasteiger partial charge in [-0.15, -0.1) is 0 Å². The minimum atomic E-state index is 0.317. The molecule has 1 aromatic heterocycles. The molecule has 1 aromatic carbocycles. The van der Waals surface area contributed by atoms with Gasteiger partial charge in [0, 0.05) is 22.9 Å². The second-order valence-electron chi connectivity index (χ2n) is 4.17. The Kier molecular flexibility index (Phi) is 2.92. The lowest BCUT2D eigenvalue weighted by atomic mass is 10.2. The lowest BCUT2D eigenvalue weighted by molar-refractivity contribution is 0.939. The molecule has 0 radical (unpaired) electrons. The number of rotatable bonds is 1. The fourth-order valence-electron chi connectivity index (χ4n) is 2.23. The largest absolute Gasteiger partial charge is 0.356 e. The van der Waals surface area contributed by atoms with Gasteiger partial charge in [-0.05, 0) is 42.6 Å². The third kappa shape index (κ3) is 2.11. The van der Waals surface area contributed by atoms with Crippen LogP contribution in [0.3, 0.4) is 0 Å². The predicted molar refractivity (Wildman–Crippen MR) is 73.7 cm³/mol. The van der Waals surface area contributed by atoms with Crippen molar-refractivity contribution in [3.05, 3.63) is 28.0 Å². The van der Waals surface area contributed by atoms with Gasteiger partial charge in [0.25, 0.3) is 0 Å². The Labute approximate surface area is 113 Å². The van der Waals surface area contributed by atoms with E-state index in [0.717, 1.165) is 34.3 Å². The lowest BCUT2D eigenvalue weighted by Crippen LogP contribution is -2.19. The van der Waals surface area contributed by atoms with Crippen LogP contribution >= 0.6 is 27.5 Å². The number of hydrogen-bond donors (Lipinski definition) is 0. The molecule has 0 N–H and O–H groups in total. The van der Waals surface area contributed by atoms with Crippen LogP contribution in [0.5, 0.6) is 0 Å². The van der Waals surface area contributed by atoms with Crippen LogP contribution in [0.15, 0.2) is 22.7 Å². The Morgan fingerprint density at radius 2 is 1.94 bits per heavy atom. The van der Waals surface area contributed by atoms with Crippen molar-refractivity contribution in [2.45, 2.75) is 12.8 Å². The second kappa shape index (κ2) is 4.42. The SMILES string of the molecule is Clc1nc(N2CCCC2)c2ccc(Br)cc2n1. The van der Waals surface area contributed by atoms with Crippen molar-refractivity contribution in [2.75, 3.05) is 18.0 Å². The van der Waals surface area contributed by atoms with E-state index in [0.29, 0.717) is 5.28 Å². The maximum absolute atomic E-state index is 5.99. The van der Waals surface area contributed by atoms with Crippen LogP contribution in [0.4, 0.5) is 5.82 Å². The quantitative estimate of drug-likeness (QED) is 0.753. The van der Waals surface area contributed by atoms with Gasteiger partial charge in [0.05, 0.1) is 5.52 Å². The van der Waals surface area contributed by atoms with Gasteiger partial charge in [-0.3, -0.25) is 0 Å². The van der Waals surface area contributed by atoms with Crippen molar-refractivity contribution >= 4 is 44.3 Å². The zero-order chi connectivity index (χ0) is 11.8. The van der Waals surface area contributed by atoms with Gasteiger partial charge >= 0.3 is 0 Å². The summed E-state index contributed by atoms with van der Waals surface area (Å²) in [4.78, 5) is 10.9. The Morgan fingerprint density at radius 1 is 1.18 bits per heavy atom. The summed E-state index contributed by atoms with van der Waals surface area (Å²) in [5.41, 5.74) is 0.890. The summed E-state index contributed by atoms with van der Waals surface area (Å²) in [5, 5.41) is 1.39. The number of benzene rings is 1. The van der Waals surface area contributed by atoms with Crippen molar-refractivity contribution in [2.24, 2.45) is 0 Å². The van der Waals surface area contributed by atoms with Crippen LogP contribution in [0.2, 0.25) is 5.28 Å². The van der Waals surface area contributed by atoms with Gasteiger partial charge in [0.1, 0.15) is 5.82 Å². The Bertz CT molecular complexity index is 562. The first-order valence-electron chi connectivity index (χ1n) is 5.62. The lowest BCUT2D eigenvalue weighted by Gasteiger charge is -2.18. The molecule has 3 nitrogen and oxygen atoms in total. The van der Waals surface area contributed by atoms with E-state index in [1.807, 2.05) is 18.2 Å². The smallest absolute Gasteiger partial charge is 0.224 e. The summed E-state index contributed by atoms with van der Waals surface area (Å²) in [6.07, 6.45) is 2.44. The maximum atomic E-state index is 5.99. The molecule has 88 valence electrons. The zero-order valence-electron chi connectivity index (χ0n) is 9.16. The van der Waals surface area contributed by atoms with Crippen LogP contribution in [-0.4, -0.2) is 23.1 Å². The number of nitrogens with zero attached hydrogens (tertiary/aromatic N) is 3. The standard InChI is InChI=1S/C12H11BrClN3/c13-8-3-4-9-10(7-8)15-12(14)16-11(9)17-5-1-2-6-17/h3-4,7H,1-2,5-6H2. The molecule has 0 amide bonds. The molecule has 17 heavy (non-hydrogen) atoms. The van der Waals surface area contributed by atoms with Crippen LogP contribution in [0.1, 0.15) is 12.8 Å². The topological polar surface area (TPSA) is 29.0 Å². The molecule has 0 saturated carbocycles. The van der Waals surface area contributed by atoms with Crippen molar-refractivity contribution in [3.8, 4) is 0 Å². The van der Waals surface area contributed by atoms with Gasteiger partial charge in [-0.2, -0.15) is 4.98 Å². The van der Waals surface area contributed by atoms with Gasteiger partial charge in [-0.25, -0.2) is 4.98 Å². The van der Waals surface area contributed by atoms with E-state index in [1.54, 1.807) is 0 Å². The summed E-state index contributed by atoms with van der Waals surface area (Å²) >= 11 is 9.44. The minimum absolute atomic E-state index is 0.317. The van der Waals surface area contributed by atoms with Crippen molar-refractivity contribution in [1.82, 2.24) is 9.97 Å². The van der Waals surface area contributed by atoms with E-state index >= 15 is 0 Å². The number of anilines is 1. The molecule has 1 aliphatic rings. The molecule has 2 aromatic rings. The van der Waals surface area contributed by atoms with E-state index in [-0.39, 0.29) is 0 Å². The second-order valence-corrected chi connectivity index (χ2v) is 5.43. The highest BCUT2D eigenvalue weighted by atomic mass is 79.9. The summed E-state index contributed by atoms with van der Waals surface area (Å²) in [7, 11) is 0. The Balaban J connectivity index is 2.21. The molecule has 1 saturated heterocycles. The third-order valence-electron chi connectivity index (χ3n) is 3.02. The highest BCUT2D eigenvalue weighted by molar-refractivity contribution is 9.10. The van der Waals surface area contributed by atoms with Crippen molar-refractivity contribution in [1.29, 1.82) is 0 Å². The monoisotopic (exact) mass is 311 g/mol. The first-order valence-corrected chi connectivity index (χ1v) is 6.79. The molecule has 0 spiro atoms. The van der Waals surface area contributed by atoms with Gasteiger partial charge < -0.3 is 4.90 Å². The molecule has 0 unspecified atom stereocenters. The molecule has 0 atom stereocenters. The van der Waals surface area contributed by atoms with Crippen LogP contribution < -0.4 is 4.90 Å². The van der Waals surface area contributed by atoms with E-state index < -0.39 is 0 Å².